The molecule has 23 heavy (non-hydrogen) atoms. The average Bonchev–Trinajstić information content (AvgIpc) is 2.60. The Bertz CT molecular complexity index is 601. The zero-order valence-corrected chi connectivity index (χ0v) is 14.0. The summed E-state index contributed by atoms with van der Waals surface area (Å²) < 4.78 is 10.6. The molecule has 2 atom stereocenters. The number of rotatable bonds is 8. The van der Waals surface area contributed by atoms with Crippen LogP contribution in [0.2, 0.25) is 0 Å². The van der Waals surface area contributed by atoms with Crippen molar-refractivity contribution in [3.63, 3.8) is 0 Å². The van der Waals surface area contributed by atoms with Gasteiger partial charge in [0.15, 0.2) is 11.5 Å². The molecule has 0 aliphatic carbocycles. The van der Waals surface area contributed by atoms with Gasteiger partial charge in [0.2, 0.25) is 0 Å². The molecule has 2 rings (SSSR count). The van der Waals surface area contributed by atoms with E-state index >= 15 is 0 Å². The first-order valence-electron chi connectivity index (χ1n) is 7.81. The Morgan fingerprint density at radius 2 is 1.70 bits per heavy atom. The van der Waals surface area contributed by atoms with Crippen molar-refractivity contribution in [2.45, 2.75) is 25.5 Å². The summed E-state index contributed by atoms with van der Waals surface area (Å²) in [6, 6.07) is 15.9. The summed E-state index contributed by atoms with van der Waals surface area (Å²) >= 11 is 0. The molecule has 0 spiro atoms. The van der Waals surface area contributed by atoms with Crippen molar-refractivity contribution in [3.05, 3.63) is 59.7 Å². The van der Waals surface area contributed by atoms with Gasteiger partial charge in [-0.05, 0) is 36.6 Å². The molecular weight excluding hydrogens is 290 g/mol. The van der Waals surface area contributed by atoms with E-state index < -0.39 is 6.10 Å². The highest BCUT2D eigenvalue weighted by molar-refractivity contribution is 5.43. The normalized spacial score (nSPS) is 13.4. The summed E-state index contributed by atoms with van der Waals surface area (Å²) in [7, 11) is 3.27. The van der Waals surface area contributed by atoms with Gasteiger partial charge >= 0.3 is 0 Å². The fraction of sp³-hybridized carbons (Fsp3) is 0.368. The molecule has 2 N–H and O–H groups in total. The number of aliphatic hydroxyl groups excluding tert-OH is 1. The summed E-state index contributed by atoms with van der Waals surface area (Å²) in [6.45, 7) is 2.63. The van der Waals surface area contributed by atoms with E-state index in [9.17, 15) is 5.11 Å². The maximum absolute atomic E-state index is 10.2. The Hall–Kier alpha value is -2.04. The van der Waals surface area contributed by atoms with Crippen LogP contribution >= 0.6 is 0 Å². The van der Waals surface area contributed by atoms with E-state index in [0.717, 1.165) is 29.0 Å². The van der Waals surface area contributed by atoms with Crippen LogP contribution in [0.15, 0.2) is 48.5 Å². The zero-order valence-electron chi connectivity index (χ0n) is 14.0. The molecule has 0 amide bonds. The molecule has 0 fully saturated rings. The minimum Gasteiger partial charge on any atom is -0.493 e. The molecular formula is C19H25NO3. The SMILES string of the molecule is COc1ccc(C[C@@H](C)NC[C@H](O)c2ccccc2)cc1OC. The summed E-state index contributed by atoms with van der Waals surface area (Å²) in [5, 5.41) is 13.6. The Morgan fingerprint density at radius 3 is 2.35 bits per heavy atom. The van der Waals surface area contributed by atoms with E-state index in [1.165, 1.54) is 0 Å². The molecule has 0 heterocycles. The van der Waals surface area contributed by atoms with Crippen LogP contribution in [0.1, 0.15) is 24.2 Å². The first-order valence-corrected chi connectivity index (χ1v) is 7.81. The topological polar surface area (TPSA) is 50.7 Å². The van der Waals surface area contributed by atoms with Gasteiger partial charge < -0.3 is 19.9 Å². The average molecular weight is 315 g/mol. The fourth-order valence-corrected chi connectivity index (χ4v) is 2.54. The summed E-state index contributed by atoms with van der Waals surface area (Å²) in [6.07, 6.45) is 0.353. The molecule has 124 valence electrons. The lowest BCUT2D eigenvalue weighted by molar-refractivity contribution is 0.170. The van der Waals surface area contributed by atoms with Gasteiger partial charge in [-0.3, -0.25) is 0 Å². The third-order valence-corrected chi connectivity index (χ3v) is 3.83. The van der Waals surface area contributed by atoms with Crippen molar-refractivity contribution >= 4 is 0 Å². The second kappa shape index (κ2) is 8.56. The van der Waals surface area contributed by atoms with Crippen molar-refractivity contribution in [2.24, 2.45) is 0 Å². The number of ether oxygens (including phenoxy) is 2. The quantitative estimate of drug-likeness (QED) is 0.786. The molecule has 0 aliphatic heterocycles. The van der Waals surface area contributed by atoms with Crippen LogP contribution in [-0.2, 0) is 6.42 Å². The maximum atomic E-state index is 10.2. The molecule has 2 aromatic carbocycles. The van der Waals surface area contributed by atoms with Gasteiger partial charge in [0.25, 0.3) is 0 Å². The molecule has 4 nitrogen and oxygen atoms in total. The second-order valence-electron chi connectivity index (χ2n) is 5.63. The number of hydrogen-bond donors (Lipinski definition) is 2. The highest BCUT2D eigenvalue weighted by Crippen LogP contribution is 2.28. The van der Waals surface area contributed by atoms with Crippen molar-refractivity contribution in [3.8, 4) is 11.5 Å². The van der Waals surface area contributed by atoms with Crippen molar-refractivity contribution in [2.75, 3.05) is 20.8 Å². The van der Waals surface area contributed by atoms with Crippen LogP contribution < -0.4 is 14.8 Å². The molecule has 0 unspecified atom stereocenters. The summed E-state index contributed by atoms with van der Waals surface area (Å²) in [5.41, 5.74) is 2.09. The molecule has 0 aromatic heterocycles. The maximum Gasteiger partial charge on any atom is 0.160 e. The first kappa shape index (κ1) is 17.3. The predicted molar refractivity (Wildman–Crippen MR) is 92.1 cm³/mol. The highest BCUT2D eigenvalue weighted by atomic mass is 16.5. The number of methoxy groups -OCH3 is 2. The number of benzene rings is 2. The van der Waals surface area contributed by atoms with Crippen LogP contribution in [0.5, 0.6) is 11.5 Å². The molecule has 2 aromatic rings. The monoisotopic (exact) mass is 315 g/mol. The molecule has 0 aliphatic rings. The van der Waals surface area contributed by atoms with E-state index in [-0.39, 0.29) is 6.04 Å². The van der Waals surface area contributed by atoms with Crippen molar-refractivity contribution in [1.82, 2.24) is 5.32 Å². The van der Waals surface area contributed by atoms with E-state index in [0.29, 0.717) is 6.54 Å². The highest BCUT2D eigenvalue weighted by Gasteiger charge is 2.11. The van der Waals surface area contributed by atoms with E-state index in [2.05, 4.69) is 12.2 Å². The first-order chi connectivity index (χ1) is 11.1. The Morgan fingerprint density at radius 1 is 1.00 bits per heavy atom. The van der Waals surface area contributed by atoms with Gasteiger partial charge in [-0.15, -0.1) is 0 Å². The lowest BCUT2D eigenvalue weighted by atomic mass is 10.1. The number of nitrogens with one attached hydrogen (secondary N) is 1. The van der Waals surface area contributed by atoms with Gasteiger partial charge in [-0.1, -0.05) is 36.4 Å². The Balaban J connectivity index is 1.88. The van der Waals surface area contributed by atoms with E-state index in [1.54, 1.807) is 14.2 Å². The van der Waals surface area contributed by atoms with Gasteiger partial charge in [-0.25, -0.2) is 0 Å². The molecule has 0 radical (unpaired) electrons. The standard InChI is InChI=1S/C19H25NO3/c1-14(20-13-17(21)16-7-5-4-6-8-16)11-15-9-10-18(22-2)19(12-15)23-3/h4-10,12,14,17,20-21H,11,13H2,1-3H3/t14-,17+/m1/s1. The van der Waals surface area contributed by atoms with Crippen LogP contribution in [0.4, 0.5) is 0 Å². The fourth-order valence-electron chi connectivity index (χ4n) is 2.54. The molecule has 0 saturated heterocycles. The third-order valence-electron chi connectivity index (χ3n) is 3.83. The lowest BCUT2D eigenvalue weighted by Gasteiger charge is -2.18. The predicted octanol–water partition coefficient (Wildman–Crippen LogP) is 2.96. The minimum atomic E-state index is -0.496. The van der Waals surface area contributed by atoms with Gasteiger partial charge in [0, 0.05) is 12.6 Å². The summed E-state index contributed by atoms with van der Waals surface area (Å²) in [5.74, 6) is 1.47. The molecule has 0 bridgehead atoms. The van der Waals surface area contributed by atoms with Gasteiger partial charge in [0.1, 0.15) is 0 Å². The smallest absolute Gasteiger partial charge is 0.160 e. The molecule has 0 saturated carbocycles. The lowest BCUT2D eigenvalue weighted by Crippen LogP contribution is -2.32. The van der Waals surface area contributed by atoms with Crippen LogP contribution in [-0.4, -0.2) is 31.9 Å². The number of hydrogen-bond acceptors (Lipinski definition) is 4. The van der Waals surface area contributed by atoms with Gasteiger partial charge in [0.05, 0.1) is 20.3 Å². The van der Waals surface area contributed by atoms with Crippen molar-refractivity contribution in [1.29, 1.82) is 0 Å². The van der Waals surface area contributed by atoms with Crippen molar-refractivity contribution < 1.29 is 14.6 Å². The van der Waals surface area contributed by atoms with E-state index in [1.807, 2.05) is 48.5 Å². The van der Waals surface area contributed by atoms with Crippen LogP contribution in [0.3, 0.4) is 0 Å². The second-order valence-corrected chi connectivity index (χ2v) is 5.63. The van der Waals surface area contributed by atoms with E-state index in [4.69, 9.17) is 9.47 Å². The Kier molecular flexibility index (Phi) is 6.44. The minimum absolute atomic E-state index is 0.242. The van der Waals surface area contributed by atoms with Crippen LogP contribution in [0, 0.1) is 0 Å². The largest absolute Gasteiger partial charge is 0.493 e. The molecule has 4 heteroatoms. The number of aliphatic hydroxyl groups is 1. The van der Waals surface area contributed by atoms with Crippen LogP contribution in [0.25, 0.3) is 0 Å². The zero-order chi connectivity index (χ0) is 16.7. The van der Waals surface area contributed by atoms with Gasteiger partial charge in [-0.2, -0.15) is 0 Å². The third kappa shape index (κ3) is 4.98. The summed E-state index contributed by atoms with van der Waals surface area (Å²) in [4.78, 5) is 0. The Labute approximate surface area is 138 Å².